The Morgan fingerprint density at radius 3 is 2.32 bits per heavy atom. The number of phenolic OH excluding ortho intramolecular Hbond substituents is 1. The summed E-state index contributed by atoms with van der Waals surface area (Å²) < 4.78 is 5.49. The molecule has 0 aliphatic carbocycles. The van der Waals surface area contributed by atoms with Gasteiger partial charge in [0.15, 0.2) is 0 Å². The van der Waals surface area contributed by atoms with Crippen LogP contribution in [0, 0.1) is 0 Å². The van der Waals surface area contributed by atoms with Crippen LogP contribution in [0.2, 0.25) is 0 Å². The van der Waals surface area contributed by atoms with Crippen molar-refractivity contribution >= 4 is 17.0 Å². The highest BCUT2D eigenvalue weighted by molar-refractivity contribution is 5.92. The number of ether oxygens (including phenoxy) is 1. The van der Waals surface area contributed by atoms with Crippen molar-refractivity contribution in [2.24, 2.45) is 0 Å². The van der Waals surface area contributed by atoms with Crippen LogP contribution in [0.15, 0.2) is 42.6 Å². The number of aromatic hydroxyl groups is 1. The van der Waals surface area contributed by atoms with E-state index in [9.17, 15) is 9.90 Å². The standard InChI is InChI=1S/C22H27N3O3/c1-21(2,3)28-20(27)25(6)22(4,5)15-9-7-14(8-10-15)16-11-12-18-17(19(16)26)13-23-24-18/h7-13,26H,1-6H3,(H,23,24). The Morgan fingerprint density at radius 1 is 1.07 bits per heavy atom. The molecule has 0 bridgehead atoms. The Bertz CT molecular complexity index is 998. The van der Waals surface area contributed by atoms with Gasteiger partial charge in [-0.1, -0.05) is 24.3 Å². The lowest BCUT2D eigenvalue weighted by molar-refractivity contribution is 0.0104. The molecule has 6 nitrogen and oxygen atoms in total. The van der Waals surface area contributed by atoms with Crippen LogP contribution in [-0.2, 0) is 10.3 Å². The van der Waals surface area contributed by atoms with Crippen LogP contribution in [0.1, 0.15) is 40.2 Å². The highest BCUT2D eigenvalue weighted by atomic mass is 16.6. The molecule has 0 aliphatic heterocycles. The molecule has 0 radical (unpaired) electrons. The Labute approximate surface area is 165 Å². The smallest absolute Gasteiger partial charge is 0.410 e. The first kappa shape index (κ1) is 19.7. The maximum atomic E-state index is 12.5. The summed E-state index contributed by atoms with van der Waals surface area (Å²) in [5, 5.41) is 18.1. The molecule has 0 aliphatic rings. The normalized spacial score (nSPS) is 12.2. The van der Waals surface area contributed by atoms with Crippen LogP contribution in [-0.4, -0.2) is 38.9 Å². The van der Waals surface area contributed by atoms with Gasteiger partial charge in [-0.05, 0) is 57.9 Å². The molecule has 1 heterocycles. The molecule has 0 fully saturated rings. The van der Waals surface area contributed by atoms with Gasteiger partial charge in [0.05, 0.1) is 22.6 Å². The average Bonchev–Trinajstić information content (AvgIpc) is 3.10. The van der Waals surface area contributed by atoms with Gasteiger partial charge in [-0.2, -0.15) is 5.10 Å². The first-order valence-electron chi connectivity index (χ1n) is 9.23. The highest BCUT2D eigenvalue weighted by Gasteiger charge is 2.32. The molecule has 3 rings (SSSR count). The summed E-state index contributed by atoms with van der Waals surface area (Å²) in [4.78, 5) is 14.1. The van der Waals surface area contributed by atoms with Crippen molar-refractivity contribution in [2.75, 3.05) is 7.05 Å². The number of fused-ring (bicyclic) bond motifs is 1. The van der Waals surface area contributed by atoms with Crippen molar-refractivity contribution in [3.05, 3.63) is 48.2 Å². The van der Waals surface area contributed by atoms with Crippen molar-refractivity contribution in [3.63, 3.8) is 0 Å². The third-order valence-corrected chi connectivity index (χ3v) is 5.00. The molecule has 1 amide bonds. The molecule has 148 valence electrons. The molecular weight excluding hydrogens is 354 g/mol. The number of phenols is 1. The number of amides is 1. The van der Waals surface area contributed by atoms with E-state index in [2.05, 4.69) is 10.2 Å². The minimum Gasteiger partial charge on any atom is -0.507 e. The van der Waals surface area contributed by atoms with Gasteiger partial charge >= 0.3 is 6.09 Å². The lowest BCUT2D eigenvalue weighted by Crippen LogP contribution is -2.45. The predicted octanol–water partition coefficient (Wildman–Crippen LogP) is 5.04. The second-order valence-corrected chi connectivity index (χ2v) is 8.47. The Balaban J connectivity index is 1.88. The Kier molecular flexibility index (Phi) is 4.83. The molecule has 2 aromatic carbocycles. The maximum Gasteiger partial charge on any atom is 0.410 e. The highest BCUT2D eigenvalue weighted by Crippen LogP contribution is 2.36. The van der Waals surface area contributed by atoms with Crippen LogP contribution in [0.25, 0.3) is 22.0 Å². The van der Waals surface area contributed by atoms with Crippen molar-refractivity contribution in [3.8, 4) is 16.9 Å². The molecule has 0 unspecified atom stereocenters. The van der Waals surface area contributed by atoms with E-state index in [0.717, 1.165) is 22.2 Å². The van der Waals surface area contributed by atoms with Gasteiger partial charge in [-0.25, -0.2) is 4.79 Å². The number of hydrogen-bond donors (Lipinski definition) is 2. The number of carbonyl (C=O) groups excluding carboxylic acids is 1. The van der Waals surface area contributed by atoms with Gasteiger partial charge < -0.3 is 14.7 Å². The van der Waals surface area contributed by atoms with E-state index >= 15 is 0 Å². The van der Waals surface area contributed by atoms with E-state index < -0.39 is 11.1 Å². The Morgan fingerprint density at radius 2 is 1.71 bits per heavy atom. The van der Waals surface area contributed by atoms with Gasteiger partial charge in [0.25, 0.3) is 0 Å². The minimum absolute atomic E-state index is 0.198. The lowest BCUT2D eigenvalue weighted by atomic mass is 9.91. The maximum absolute atomic E-state index is 12.5. The topological polar surface area (TPSA) is 78.5 Å². The third kappa shape index (κ3) is 3.67. The molecule has 1 aromatic heterocycles. The Hall–Kier alpha value is -3.02. The van der Waals surface area contributed by atoms with E-state index in [1.807, 2.05) is 71.0 Å². The van der Waals surface area contributed by atoms with E-state index in [1.54, 1.807) is 18.1 Å². The molecule has 6 heteroatoms. The minimum atomic E-state index is -0.558. The third-order valence-electron chi connectivity index (χ3n) is 5.00. The zero-order valence-corrected chi connectivity index (χ0v) is 17.2. The number of rotatable bonds is 3. The summed E-state index contributed by atoms with van der Waals surface area (Å²) in [6.45, 7) is 9.50. The first-order valence-corrected chi connectivity index (χ1v) is 9.23. The van der Waals surface area contributed by atoms with Crippen LogP contribution < -0.4 is 0 Å². The average molecular weight is 381 g/mol. The molecule has 0 saturated carbocycles. The first-order chi connectivity index (χ1) is 13.0. The molecule has 2 N–H and O–H groups in total. The van der Waals surface area contributed by atoms with Crippen molar-refractivity contribution in [1.29, 1.82) is 0 Å². The molecule has 0 atom stereocenters. The largest absolute Gasteiger partial charge is 0.507 e. The summed E-state index contributed by atoms with van der Waals surface area (Å²) in [6.07, 6.45) is 1.24. The van der Waals surface area contributed by atoms with E-state index in [0.29, 0.717) is 5.39 Å². The number of nitrogens with zero attached hydrogens (tertiary/aromatic N) is 2. The van der Waals surface area contributed by atoms with Crippen LogP contribution in [0.4, 0.5) is 4.79 Å². The van der Waals surface area contributed by atoms with Crippen LogP contribution in [0.3, 0.4) is 0 Å². The van der Waals surface area contributed by atoms with Crippen molar-refractivity contribution in [1.82, 2.24) is 15.1 Å². The number of aromatic nitrogens is 2. The molecular formula is C22H27N3O3. The van der Waals surface area contributed by atoms with E-state index in [4.69, 9.17) is 4.74 Å². The van der Waals surface area contributed by atoms with Gasteiger partial charge in [-0.15, -0.1) is 0 Å². The van der Waals surface area contributed by atoms with Gasteiger partial charge in [-0.3, -0.25) is 5.10 Å². The second kappa shape index (κ2) is 6.86. The summed E-state index contributed by atoms with van der Waals surface area (Å²) in [5.74, 6) is 0.198. The van der Waals surface area contributed by atoms with Crippen LogP contribution in [0.5, 0.6) is 5.75 Å². The van der Waals surface area contributed by atoms with E-state index in [-0.39, 0.29) is 11.8 Å². The monoisotopic (exact) mass is 381 g/mol. The fraction of sp³-hybridized carbons (Fsp3) is 0.364. The lowest BCUT2D eigenvalue weighted by Gasteiger charge is -2.37. The number of benzene rings is 2. The quantitative estimate of drug-likeness (QED) is 0.666. The van der Waals surface area contributed by atoms with Gasteiger partial charge in [0.2, 0.25) is 0 Å². The number of carbonyl (C=O) groups is 1. The summed E-state index contributed by atoms with van der Waals surface area (Å²) in [5.41, 5.74) is 2.27. The molecule has 0 spiro atoms. The van der Waals surface area contributed by atoms with Gasteiger partial charge in [0.1, 0.15) is 11.4 Å². The second-order valence-electron chi connectivity index (χ2n) is 8.47. The van der Waals surface area contributed by atoms with Crippen molar-refractivity contribution < 1.29 is 14.6 Å². The zero-order chi connectivity index (χ0) is 20.7. The van der Waals surface area contributed by atoms with Crippen LogP contribution >= 0.6 is 0 Å². The number of nitrogens with one attached hydrogen (secondary N) is 1. The summed E-state index contributed by atoms with van der Waals surface area (Å²) in [7, 11) is 1.74. The SMILES string of the molecule is CN(C(=O)OC(C)(C)C)C(C)(C)c1ccc(-c2ccc3[nH]ncc3c2O)cc1. The molecule has 0 saturated heterocycles. The van der Waals surface area contributed by atoms with E-state index in [1.165, 1.54) is 0 Å². The fourth-order valence-electron chi connectivity index (χ4n) is 3.05. The number of aromatic amines is 1. The van der Waals surface area contributed by atoms with Gasteiger partial charge in [0, 0.05) is 12.6 Å². The fourth-order valence-corrected chi connectivity index (χ4v) is 3.05. The molecule has 28 heavy (non-hydrogen) atoms. The summed E-state index contributed by atoms with van der Waals surface area (Å²) >= 11 is 0. The number of H-pyrrole nitrogens is 1. The number of hydrogen-bond acceptors (Lipinski definition) is 4. The predicted molar refractivity (Wildman–Crippen MR) is 110 cm³/mol. The van der Waals surface area contributed by atoms with Crippen molar-refractivity contribution in [2.45, 2.75) is 45.8 Å². The molecule has 3 aromatic rings. The zero-order valence-electron chi connectivity index (χ0n) is 17.2. The summed E-state index contributed by atoms with van der Waals surface area (Å²) in [6, 6.07) is 11.6.